The lowest BCUT2D eigenvalue weighted by molar-refractivity contribution is 0.102. The smallest absolute Gasteiger partial charge is 0.257 e. The van der Waals surface area contributed by atoms with E-state index in [1.165, 1.54) is 11.3 Å². The number of hydrogen-bond donors (Lipinski definition) is 1. The number of hydrogen-bond acceptors (Lipinski definition) is 5. The van der Waals surface area contributed by atoms with Crippen LogP contribution in [0.2, 0.25) is 0 Å². The lowest BCUT2D eigenvalue weighted by Crippen LogP contribution is -2.11. The van der Waals surface area contributed by atoms with Crippen molar-refractivity contribution in [2.45, 2.75) is 6.92 Å². The summed E-state index contributed by atoms with van der Waals surface area (Å²) in [6.45, 7) is 1.95. The van der Waals surface area contributed by atoms with Gasteiger partial charge in [-0.1, -0.05) is 29.0 Å². The fraction of sp³-hybridized carbons (Fsp3) is 0.0667. The van der Waals surface area contributed by atoms with E-state index in [4.69, 9.17) is 0 Å². The lowest BCUT2D eigenvalue weighted by Gasteiger charge is -2.01. The summed E-state index contributed by atoms with van der Waals surface area (Å²) in [5.74, 6) is -0.184. The highest BCUT2D eigenvalue weighted by molar-refractivity contribution is 7.18. The molecule has 0 aliphatic carbocycles. The van der Waals surface area contributed by atoms with Gasteiger partial charge in [0.2, 0.25) is 5.13 Å². The van der Waals surface area contributed by atoms with Gasteiger partial charge in [-0.2, -0.15) is 0 Å². The molecule has 0 unspecified atom stereocenters. The lowest BCUT2D eigenvalue weighted by atomic mass is 10.1. The quantitative estimate of drug-likeness (QED) is 0.806. The molecule has 5 nitrogen and oxygen atoms in total. The molecule has 0 bridgehead atoms. The third-order valence-electron chi connectivity index (χ3n) is 2.85. The predicted molar refractivity (Wildman–Crippen MR) is 82.3 cm³/mol. The summed E-state index contributed by atoms with van der Waals surface area (Å²) >= 11 is 1.33. The third-order valence-corrected chi connectivity index (χ3v) is 3.74. The Morgan fingerprint density at radius 2 is 1.95 bits per heavy atom. The Morgan fingerprint density at radius 3 is 2.71 bits per heavy atom. The van der Waals surface area contributed by atoms with Crippen molar-refractivity contribution < 1.29 is 4.79 Å². The number of carbonyl (C=O) groups excluding carboxylic acids is 1. The van der Waals surface area contributed by atoms with Crippen LogP contribution in [-0.2, 0) is 0 Å². The van der Waals surface area contributed by atoms with Crippen LogP contribution < -0.4 is 5.32 Å². The van der Waals surface area contributed by atoms with Gasteiger partial charge < -0.3 is 0 Å². The van der Waals surface area contributed by atoms with E-state index >= 15 is 0 Å². The summed E-state index contributed by atoms with van der Waals surface area (Å²) in [6.07, 6.45) is 3.39. The maximum Gasteiger partial charge on any atom is 0.257 e. The molecule has 0 spiro atoms. The molecule has 104 valence electrons. The van der Waals surface area contributed by atoms with Crippen LogP contribution >= 0.6 is 11.3 Å². The number of aromatic nitrogens is 3. The van der Waals surface area contributed by atoms with Crippen molar-refractivity contribution in [1.82, 2.24) is 15.2 Å². The van der Waals surface area contributed by atoms with Gasteiger partial charge in [0.1, 0.15) is 5.01 Å². The van der Waals surface area contributed by atoms with E-state index in [0.717, 1.165) is 16.1 Å². The van der Waals surface area contributed by atoms with Gasteiger partial charge in [0.05, 0.1) is 0 Å². The van der Waals surface area contributed by atoms with E-state index in [1.807, 2.05) is 37.3 Å². The van der Waals surface area contributed by atoms with Crippen LogP contribution in [0.5, 0.6) is 0 Å². The van der Waals surface area contributed by atoms with Crippen LogP contribution in [0.4, 0.5) is 5.13 Å². The molecule has 2 aromatic heterocycles. The minimum absolute atomic E-state index is 0.184. The summed E-state index contributed by atoms with van der Waals surface area (Å²) in [5.41, 5.74) is 2.58. The predicted octanol–water partition coefficient (Wildman–Crippen LogP) is 3.16. The molecular formula is C15H12N4OS. The highest BCUT2D eigenvalue weighted by atomic mass is 32.1. The number of pyridine rings is 1. The monoisotopic (exact) mass is 296 g/mol. The first-order valence-electron chi connectivity index (χ1n) is 6.34. The van der Waals surface area contributed by atoms with E-state index in [0.29, 0.717) is 10.7 Å². The molecule has 0 saturated carbocycles. The highest BCUT2D eigenvalue weighted by Crippen LogP contribution is 2.25. The van der Waals surface area contributed by atoms with Crippen molar-refractivity contribution in [2.24, 2.45) is 0 Å². The molecule has 0 radical (unpaired) electrons. The van der Waals surface area contributed by atoms with Crippen LogP contribution in [0.1, 0.15) is 15.9 Å². The van der Waals surface area contributed by atoms with Crippen LogP contribution in [0.15, 0.2) is 48.8 Å². The Labute approximate surface area is 125 Å². The Balaban J connectivity index is 1.77. The third kappa shape index (κ3) is 3.11. The fourth-order valence-electron chi connectivity index (χ4n) is 1.84. The Morgan fingerprint density at radius 1 is 1.14 bits per heavy atom. The average Bonchev–Trinajstić information content (AvgIpc) is 2.97. The minimum Gasteiger partial charge on any atom is -0.296 e. The standard InChI is InChI=1S/C15H12N4OS/c1-10-3-2-4-12(9-10)13(20)17-15-19-18-14(21-15)11-5-7-16-8-6-11/h2-9H,1H3,(H,17,19,20). The molecule has 1 aromatic carbocycles. The molecule has 6 heteroatoms. The van der Waals surface area contributed by atoms with Crippen LogP contribution in [0.25, 0.3) is 10.6 Å². The van der Waals surface area contributed by atoms with E-state index in [-0.39, 0.29) is 5.91 Å². The van der Waals surface area contributed by atoms with Crippen molar-refractivity contribution in [1.29, 1.82) is 0 Å². The van der Waals surface area contributed by atoms with E-state index < -0.39 is 0 Å². The number of nitrogens with one attached hydrogen (secondary N) is 1. The number of benzene rings is 1. The van der Waals surface area contributed by atoms with Gasteiger partial charge in [-0.15, -0.1) is 10.2 Å². The molecule has 1 N–H and O–H groups in total. The van der Waals surface area contributed by atoms with E-state index in [1.54, 1.807) is 18.5 Å². The van der Waals surface area contributed by atoms with Crippen molar-refractivity contribution in [3.63, 3.8) is 0 Å². The highest BCUT2D eigenvalue weighted by Gasteiger charge is 2.11. The SMILES string of the molecule is Cc1cccc(C(=O)Nc2nnc(-c3ccncc3)s2)c1. The number of amides is 1. The molecule has 0 atom stereocenters. The Hall–Kier alpha value is -2.60. The number of anilines is 1. The summed E-state index contributed by atoms with van der Waals surface area (Å²) in [4.78, 5) is 16.1. The molecule has 3 rings (SSSR count). The van der Waals surface area contributed by atoms with Crippen molar-refractivity contribution >= 4 is 22.4 Å². The molecule has 0 aliphatic heterocycles. The molecule has 0 aliphatic rings. The zero-order valence-corrected chi connectivity index (χ0v) is 12.1. The topological polar surface area (TPSA) is 67.8 Å². The van der Waals surface area contributed by atoms with Crippen molar-refractivity contribution in [3.05, 3.63) is 59.9 Å². The van der Waals surface area contributed by atoms with Crippen LogP contribution in [0.3, 0.4) is 0 Å². The van der Waals surface area contributed by atoms with Gasteiger partial charge in [-0.3, -0.25) is 15.1 Å². The van der Waals surface area contributed by atoms with Gasteiger partial charge in [0.25, 0.3) is 5.91 Å². The average molecular weight is 296 g/mol. The summed E-state index contributed by atoms with van der Waals surface area (Å²) in [6, 6.07) is 11.1. The number of rotatable bonds is 3. The molecule has 2 heterocycles. The second-order valence-electron chi connectivity index (χ2n) is 4.47. The number of nitrogens with zero attached hydrogens (tertiary/aromatic N) is 3. The Bertz CT molecular complexity index is 770. The zero-order valence-electron chi connectivity index (χ0n) is 11.3. The van der Waals surface area contributed by atoms with Gasteiger partial charge in [0, 0.05) is 23.5 Å². The molecule has 0 saturated heterocycles. The van der Waals surface area contributed by atoms with Gasteiger partial charge >= 0.3 is 0 Å². The summed E-state index contributed by atoms with van der Waals surface area (Å²) in [7, 11) is 0. The fourth-order valence-corrected chi connectivity index (χ4v) is 2.58. The molecule has 21 heavy (non-hydrogen) atoms. The van der Waals surface area contributed by atoms with Gasteiger partial charge in [-0.05, 0) is 31.2 Å². The first-order chi connectivity index (χ1) is 10.2. The maximum atomic E-state index is 12.1. The zero-order chi connectivity index (χ0) is 14.7. The summed E-state index contributed by atoms with van der Waals surface area (Å²) < 4.78 is 0. The van der Waals surface area contributed by atoms with Gasteiger partial charge in [0.15, 0.2) is 0 Å². The molecule has 3 aromatic rings. The summed E-state index contributed by atoms with van der Waals surface area (Å²) in [5, 5.41) is 12.1. The van der Waals surface area contributed by atoms with E-state index in [2.05, 4.69) is 20.5 Å². The normalized spacial score (nSPS) is 10.3. The Kier molecular flexibility index (Phi) is 3.70. The number of carbonyl (C=O) groups is 1. The first kappa shape index (κ1) is 13.4. The van der Waals surface area contributed by atoms with Crippen LogP contribution in [-0.4, -0.2) is 21.1 Å². The number of aryl methyl sites for hydroxylation is 1. The first-order valence-corrected chi connectivity index (χ1v) is 7.16. The molecule has 0 fully saturated rings. The second-order valence-corrected chi connectivity index (χ2v) is 5.45. The van der Waals surface area contributed by atoms with E-state index in [9.17, 15) is 4.79 Å². The van der Waals surface area contributed by atoms with Crippen LogP contribution in [0, 0.1) is 6.92 Å². The van der Waals surface area contributed by atoms with Crippen molar-refractivity contribution in [3.8, 4) is 10.6 Å². The minimum atomic E-state index is -0.184. The second kappa shape index (κ2) is 5.80. The largest absolute Gasteiger partial charge is 0.296 e. The maximum absolute atomic E-state index is 12.1. The van der Waals surface area contributed by atoms with Crippen molar-refractivity contribution in [2.75, 3.05) is 5.32 Å². The van der Waals surface area contributed by atoms with Gasteiger partial charge in [-0.25, -0.2) is 0 Å². The molecular weight excluding hydrogens is 284 g/mol. The molecule has 1 amide bonds.